The lowest BCUT2D eigenvalue weighted by molar-refractivity contribution is 0.0947. The van der Waals surface area contributed by atoms with Gasteiger partial charge in [0.15, 0.2) is 5.13 Å². The Hall–Kier alpha value is -2.64. The maximum Gasteiger partial charge on any atom is 0.251 e. The van der Waals surface area contributed by atoms with Crippen molar-refractivity contribution in [1.82, 2.24) is 15.2 Å². The van der Waals surface area contributed by atoms with Gasteiger partial charge in [-0.2, -0.15) is 0 Å². The number of benzene rings is 2. The second kappa shape index (κ2) is 9.02. The molecule has 1 amide bonds. The number of hydrogen-bond acceptors (Lipinski definition) is 6. The van der Waals surface area contributed by atoms with E-state index in [4.69, 9.17) is 9.72 Å². The SMILES string of the molecule is COc1cccc(C(=O)NCCN2CCN(c3nc4c(C)ccc(C)c4s3)CC2)c1. The van der Waals surface area contributed by atoms with Crippen LogP contribution in [0.25, 0.3) is 10.2 Å². The largest absolute Gasteiger partial charge is 0.497 e. The van der Waals surface area contributed by atoms with Gasteiger partial charge >= 0.3 is 0 Å². The van der Waals surface area contributed by atoms with Gasteiger partial charge in [-0.05, 0) is 43.2 Å². The highest BCUT2D eigenvalue weighted by Crippen LogP contribution is 2.33. The molecule has 1 aromatic heterocycles. The number of thiazole rings is 1. The molecule has 0 atom stereocenters. The summed E-state index contributed by atoms with van der Waals surface area (Å²) < 4.78 is 6.49. The molecule has 4 rings (SSSR count). The van der Waals surface area contributed by atoms with E-state index in [1.54, 1.807) is 30.6 Å². The lowest BCUT2D eigenvalue weighted by atomic mass is 10.1. The molecular weight excluding hydrogens is 396 g/mol. The molecule has 0 aliphatic carbocycles. The Balaban J connectivity index is 1.27. The number of methoxy groups -OCH3 is 1. The summed E-state index contributed by atoms with van der Waals surface area (Å²) in [5.74, 6) is 0.631. The fraction of sp³-hybridized carbons (Fsp3) is 0.391. The standard InChI is InChI=1S/C23H28N4O2S/c1-16-7-8-17(2)21-20(16)25-23(30-21)27-13-11-26(12-14-27)10-9-24-22(28)18-5-4-6-19(15-18)29-3/h4-8,15H,9-14H2,1-3H3,(H,24,28). The van der Waals surface area contributed by atoms with E-state index in [-0.39, 0.29) is 5.91 Å². The quantitative estimate of drug-likeness (QED) is 0.657. The molecule has 1 N–H and O–H groups in total. The Bertz CT molecular complexity index is 1000. The zero-order chi connectivity index (χ0) is 21.1. The Morgan fingerprint density at radius 3 is 2.63 bits per heavy atom. The van der Waals surface area contributed by atoms with Crippen molar-refractivity contribution in [2.45, 2.75) is 13.8 Å². The minimum absolute atomic E-state index is 0.0623. The summed E-state index contributed by atoms with van der Waals surface area (Å²) >= 11 is 1.80. The lowest BCUT2D eigenvalue weighted by Crippen LogP contribution is -2.48. The topological polar surface area (TPSA) is 57.7 Å². The van der Waals surface area contributed by atoms with Gasteiger partial charge in [0.05, 0.1) is 17.3 Å². The van der Waals surface area contributed by atoms with E-state index in [0.29, 0.717) is 17.9 Å². The maximum absolute atomic E-state index is 12.3. The number of carbonyl (C=O) groups is 1. The van der Waals surface area contributed by atoms with Crippen LogP contribution in [0.4, 0.5) is 5.13 Å². The number of hydrogen-bond donors (Lipinski definition) is 1. The van der Waals surface area contributed by atoms with Gasteiger partial charge in [0.25, 0.3) is 5.91 Å². The number of anilines is 1. The van der Waals surface area contributed by atoms with Gasteiger partial charge in [0.1, 0.15) is 5.75 Å². The monoisotopic (exact) mass is 424 g/mol. The fourth-order valence-corrected chi connectivity index (χ4v) is 4.90. The highest BCUT2D eigenvalue weighted by atomic mass is 32.1. The molecule has 0 bridgehead atoms. The van der Waals surface area contributed by atoms with Crippen LogP contribution in [-0.4, -0.2) is 62.2 Å². The third-order valence-corrected chi connectivity index (χ3v) is 6.87. The number of nitrogens with zero attached hydrogens (tertiary/aromatic N) is 3. The molecule has 158 valence electrons. The van der Waals surface area contributed by atoms with Gasteiger partial charge < -0.3 is 15.0 Å². The number of nitrogens with one attached hydrogen (secondary N) is 1. The summed E-state index contributed by atoms with van der Waals surface area (Å²) in [7, 11) is 1.60. The highest BCUT2D eigenvalue weighted by Gasteiger charge is 2.20. The molecule has 6 nitrogen and oxygen atoms in total. The molecule has 2 heterocycles. The smallest absolute Gasteiger partial charge is 0.251 e. The molecule has 7 heteroatoms. The second-order valence-electron chi connectivity index (χ2n) is 7.69. The number of amides is 1. The van der Waals surface area contributed by atoms with Crippen LogP contribution in [0.2, 0.25) is 0 Å². The fourth-order valence-electron chi connectivity index (χ4n) is 3.74. The Labute approximate surface area is 181 Å². The van der Waals surface area contributed by atoms with E-state index in [1.807, 2.05) is 12.1 Å². The van der Waals surface area contributed by atoms with Crippen molar-refractivity contribution in [2.75, 3.05) is 51.3 Å². The van der Waals surface area contributed by atoms with Crippen molar-refractivity contribution in [1.29, 1.82) is 0 Å². The van der Waals surface area contributed by atoms with Crippen LogP contribution in [0, 0.1) is 13.8 Å². The average Bonchev–Trinajstić information content (AvgIpc) is 3.24. The van der Waals surface area contributed by atoms with Crippen LogP contribution < -0.4 is 15.0 Å². The number of fused-ring (bicyclic) bond motifs is 1. The molecule has 1 fully saturated rings. The van der Waals surface area contributed by atoms with Gasteiger partial charge in [0.2, 0.25) is 0 Å². The van der Waals surface area contributed by atoms with Gasteiger partial charge in [-0.15, -0.1) is 0 Å². The average molecular weight is 425 g/mol. The molecule has 1 saturated heterocycles. The summed E-state index contributed by atoms with van der Waals surface area (Å²) in [5.41, 5.74) is 4.30. The number of aryl methyl sites for hydroxylation is 2. The van der Waals surface area contributed by atoms with Gasteiger partial charge in [-0.25, -0.2) is 4.98 Å². The first-order valence-corrected chi connectivity index (χ1v) is 11.1. The molecule has 2 aromatic carbocycles. The normalized spacial score (nSPS) is 14.8. The summed E-state index contributed by atoms with van der Waals surface area (Å²) in [6.45, 7) is 9.64. The first-order valence-electron chi connectivity index (χ1n) is 10.3. The van der Waals surface area contributed by atoms with Crippen molar-refractivity contribution in [3.63, 3.8) is 0 Å². The molecule has 1 aliphatic heterocycles. The van der Waals surface area contributed by atoms with Crippen LogP contribution in [0.15, 0.2) is 36.4 Å². The molecule has 0 spiro atoms. The molecule has 0 radical (unpaired) electrons. The van der Waals surface area contributed by atoms with Crippen molar-refractivity contribution in [3.05, 3.63) is 53.1 Å². The summed E-state index contributed by atoms with van der Waals surface area (Å²) in [6.07, 6.45) is 0. The van der Waals surface area contributed by atoms with Gasteiger partial charge in [0, 0.05) is 44.8 Å². The van der Waals surface area contributed by atoms with E-state index < -0.39 is 0 Å². The van der Waals surface area contributed by atoms with Crippen molar-refractivity contribution in [3.8, 4) is 5.75 Å². The second-order valence-corrected chi connectivity index (χ2v) is 8.67. The highest BCUT2D eigenvalue weighted by molar-refractivity contribution is 7.22. The first-order chi connectivity index (χ1) is 14.5. The predicted octanol–water partition coefficient (Wildman–Crippen LogP) is 3.47. The zero-order valence-corrected chi connectivity index (χ0v) is 18.6. The Morgan fingerprint density at radius 2 is 1.90 bits per heavy atom. The van der Waals surface area contributed by atoms with E-state index in [9.17, 15) is 4.79 Å². The third-order valence-electron chi connectivity index (χ3n) is 5.62. The van der Waals surface area contributed by atoms with Crippen LogP contribution in [0.5, 0.6) is 5.75 Å². The minimum atomic E-state index is -0.0623. The van der Waals surface area contributed by atoms with Crippen LogP contribution in [0.1, 0.15) is 21.5 Å². The number of rotatable bonds is 6. The van der Waals surface area contributed by atoms with Crippen LogP contribution in [0.3, 0.4) is 0 Å². The molecular formula is C23H28N4O2S. The van der Waals surface area contributed by atoms with Crippen molar-refractivity contribution >= 4 is 32.6 Å². The molecule has 3 aromatic rings. The van der Waals surface area contributed by atoms with Crippen LogP contribution >= 0.6 is 11.3 Å². The van der Waals surface area contributed by atoms with Crippen molar-refractivity contribution < 1.29 is 9.53 Å². The van der Waals surface area contributed by atoms with E-state index in [2.05, 4.69) is 41.1 Å². The Morgan fingerprint density at radius 1 is 1.13 bits per heavy atom. The molecule has 1 aliphatic rings. The summed E-state index contributed by atoms with van der Waals surface area (Å²) in [6, 6.07) is 11.6. The molecule has 30 heavy (non-hydrogen) atoms. The van der Waals surface area contributed by atoms with Crippen LogP contribution in [-0.2, 0) is 0 Å². The number of carbonyl (C=O) groups excluding carboxylic acids is 1. The van der Waals surface area contributed by atoms with Crippen molar-refractivity contribution in [2.24, 2.45) is 0 Å². The number of ether oxygens (including phenoxy) is 1. The Kier molecular flexibility index (Phi) is 6.20. The predicted molar refractivity (Wildman–Crippen MR) is 123 cm³/mol. The summed E-state index contributed by atoms with van der Waals surface area (Å²) in [5, 5.41) is 4.13. The zero-order valence-electron chi connectivity index (χ0n) is 17.8. The summed E-state index contributed by atoms with van der Waals surface area (Å²) in [4.78, 5) is 22.0. The molecule has 0 saturated carbocycles. The van der Waals surface area contributed by atoms with Gasteiger partial charge in [-0.1, -0.05) is 29.5 Å². The minimum Gasteiger partial charge on any atom is -0.497 e. The first kappa shape index (κ1) is 20.6. The maximum atomic E-state index is 12.3. The number of piperazine rings is 1. The van der Waals surface area contributed by atoms with E-state index in [0.717, 1.165) is 43.4 Å². The van der Waals surface area contributed by atoms with E-state index in [1.165, 1.54) is 15.8 Å². The lowest BCUT2D eigenvalue weighted by Gasteiger charge is -2.34. The molecule has 0 unspecified atom stereocenters. The third kappa shape index (κ3) is 4.42. The van der Waals surface area contributed by atoms with E-state index >= 15 is 0 Å². The number of aromatic nitrogens is 1. The van der Waals surface area contributed by atoms with Gasteiger partial charge in [-0.3, -0.25) is 9.69 Å².